The van der Waals surface area contributed by atoms with Crippen molar-refractivity contribution < 1.29 is 13.2 Å². The summed E-state index contributed by atoms with van der Waals surface area (Å²) in [6.07, 6.45) is 3.39. The Hall–Kier alpha value is -2.41. The molecule has 2 heterocycles. The molecule has 0 radical (unpaired) electrons. The Morgan fingerprint density at radius 1 is 1.30 bits per heavy atom. The van der Waals surface area contributed by atoms with Crippen molar-refractivity contribution in [2.24, 2.45) is 0 Å². The first-order valence-corrected chi connectivity index (χ1v) is 9.06. The first-order chi connectivity index (χ1) is 10.9. The average molecular weight is 331 g/mol. The summed E-state index contributed by atoms with van der Waals surface area (Å²) in [7, 11) is -3.32. The molecule has 0 saturated carbocycles. The number of nitrogens with zero attached hydrogens (tertiary/aromatic N) is 2. The highest BCUT2D eigenvalue weighted by Gasteiger charge is 2.32. The first-order valence-electron chi connectivity index (χ1n) is 7.21. The monoisotopic (exact) mass is 331 g/mol. The van der Waals surface area contributed by atoms with Crippen molar-refractivity contribution in [3.63, 3.8) is 0 Å². The number of rotatable bonds is 3. The van der Waals surface area contributed by atoms with E-state index in [1.165, 1.54) is 10.6 Å². The SMILES string of the molecule is CC1Cc2cc(C(=O)Nc3ccccn3)ccc2N1S(C)(=O)=O. The van der Waals surface area contributed by atoms with Crippen LogP contribution in [0.4, 0.5) is 11.5 Å². The molecule has 7 heteroatoms. The summed E-state index contributed by atoms with van der Waals surface area (Å²) in [6, 6.07) is 10.2. The molecule has 0 saturated heterocycles. The first kappa shape index (κ1) is 15.5. The normalized spacial score (nSPS) is 17.0. The van der Waals surface area contributed by atoms with Crippen LogP contribution >= 0.6 is 0 Å². The molecular formula is C16H17N3O3S. The minimum Gasteiger partial charge on any atom is -0.307 e. The number of pyridine rings is 1. The second kappa shape index (κ2) is 5.66. The largest absolute Gasteiger partial charge is 0.307 e. The quantitative estimate of drug-likeness (QED) is 0.933. The fraction of sp³-hybridized carbons (Fsp3) is 0.250. The maximum atomic E-state index is 12.3. The number of sulfonamides is 1. The van der Waals surface area contributed by atoms with Crippen LogP contribution in [-0.2, 0) is 16.4 Å². The molecule has 0 aliphatic carbocycles. The van der Waals surface area contributed by atoms with E-state index in [9.17, 15) is 13.2 Å². The van der Waals surface area contributed by atoms with E-state index >= 15 is 0 Å². The number of amides is 1. The molecule has 23 heavy (non-hydrogen) atoms. The summed E-state index contributed by atoms with van der Waals surface area (Å²) in [4.78, 5) is 16.3. The third-order valence-corrected chi connectivity index (χ3v) is 5.03. The Morgan fingerprint density at radius 3 is 2.74 bits per heavy atom. The van der Waals surface area contributed by atoms with E-state index in [0.717, 1.165) is 5.56 Å². The highest BCUT2D eigenvalue weighted by Crippen LogP contribution is 2.34. The molecule has 1 aromatic heterocycles. The minimum absolute atomic E-state index is 0.144. The summed E-state index contributed by atoms with van der Waals surface area (Å²) in [5.41, 5.74) is 1.99. The molecule has 1 amide bonds. The maximum absolute atomic E-state index is 12.3. The molecule has 1 aliphatic rings. The van der Waals surface area contributed by atoms with Gasteiger partial charge in [0.1, 0.15) is 5.82 Å². The average Bonchev–Trinajstić information content (AvgIpc) is 2.82. The third-order valence-electron chi connectivity index (χ3n) is 3.76. The van der Waals surface area contributed by atoms with Gasteiger partial charge in [0, 0.05) is 17.8 Å². The van der Waals surface area contributed by atoms with Gasteiger partial charge in [-0.2, -0.15) is 0 Å². The van der Waals surface area contributed by atoms with Crippen LogP contribution in [0.25, 0.3) is 0 Å². The third kappa shape index (κ3) is 3.05. The fourth-order valence-electron chi connectivity index (χ4n) is 2.87. The Morgan fingerprint density at radius 2 is 2.09 bits per heavy atom. The molecule has 3 rings (SSSR count). The van der Waals surface area contributed by atoms with E-state index < -0.39 is 10.0 Å². The van der Waals surface area contributed by atoms with Crippen molar-refractivity contribution in [2.45, 2.75) is 19.4 Å². The van der Waals surface area contributed by atoms with Crippen LogP contribution in [0.2, 0.25) is 0 Å². The standard InChI is InChI=1S/C16H17N3O3S/c1-11-9-13-10-12(6-7-14(13)19(11)23(2,21)22)16(20)18-15-5-3-4-8-17-15/h3-8,10-11H,9H2,1-2H3,(H,17,18,20). The number of nitrogens with one attached hydrogen (secondary N) is 1. The summed E-state index contributed by atoms with van der Waals surface area (Å²) < 4.78 is 25.2. The molecule has 0 bridgehead atoms. The Kier molecular flexibility index (Phi) is 3.81. The van der Waals surface area contributed by atoms with Crippen LogP contribution in [-0.4, -0.2) is 31.6 Å². The fourth-order valence-corrected chi connectivity index (χ4v) is 4.14. The summed E-state index contributed by atoms with van der Waals surface area (Å²) in [5.74, 6) is 0.209. The van der Waals surface area contributed by atoms with Crippen LogP contribution in [0.3, 0.4) is 0 Å². The lowest BCUT2D eigenvalue weighted by atomic mass is 10.1. The number of anilines is 2. The van der Waals surface area contributed by atoms with E-state index in [2.05, 4.69) is 10.3 Å². The topological polar surface area (TPSA) is 79.4 Å². The Balaban J connectivity index is 1.88. The molecule has 1 atom stereocenters. The molecule has 120 valence electrons. The number of fused-ring (bicyclic) bond motifs is 1. The lowest BCUT2D eigenvalue weighted by molar-refractivity contribution is 0.102. The maximum Gasteiger partial charge on any atom is 0.256 e. The van der Waals surface area contributed by atoms with Crippen LogP contribution in [0.15, 0.2) is 42.6 Å². The lowest BCUT2D eigenvalue weighted by Gasteiger charge is -2.21. The van der Waals surface area contributed by atoms with Gasteiger partial charge >= 0.3 is 0 Å². The van der Waals surface area contributed by atoms with Crippen molar-refractivity contribution in [1.29, 1.82) is 0 Å². The van der Waals surface area contributed by atoms with Gasteiger partial charge in [-0.3, -0.25) is 9.10 Å². The Bertz CT molecular complexity index is 850. The summed E-state index contributed by atoms with van der Waals surface area (Å²) >= 11 is 0. The Labute approximate surface area is 135 Å². The molecule has 1 aliphatic heterocycles. The van der Waals surface area contributed by atoms with E-state index in [1.807, 2.05) is 6.92 Å². The van der Waals surface area contributed by atoms with Crippen LogP contribution in [0.1, 0.15) is 22.8 Å². The predicted molar refractivity (Wildman–Crippen MR) is 89.1 cm³/mol. The number of hydrogen-bond donors (Lipinski definition) is 1. The molecule has 2 aromatic rings. The molecule has 1 aromatic carbocycles. The van der Waals surface area contributed by atoms with E-state index in [0.29, 0.717) is 23.5 Å². The molecule has 1 N–H and O–H groups in total. The van der Waals surface area contributed by atoms with E-state index in [4.69, 9.17) is 0 Å². The number of carbonyl (C=O) groups excluding carboxylic acids is 1. The number of aromatic nitrogens is 1. The van der Waals surface area contributed by atoms with Crippen LogP contribution < -0.4 is 9.62 Å². The van der Waals surface area contributed by atoms with Gasteiger partial charge < -0.3 is 5.32 Å². The zero-order valence-corrected chi connectivity index (χ0v) is 13.7. The molecule has 1 unspecified atom stereocenters. The number of benzene rings is 1. The van der Waals surface area contributed by atoms with Crippen molar-refractivity contribution in [2.75, 3.05) is 15.9 Å². The van der Waals surface area contributed by atoms with Crippen LogP contribution in [0.5, 0.6) is 0 Å². The van der Waals surface area contributed by atoms with Crippen molar-refractivity contribution in [3.8, 4) is 0 Å². The van der Waals surface area contributed by atoms with Gasteiger partial charge in [-0.05, 0) is 49.2 Å². The summed E-state index contributed by atoms with van der Waals surface area (Å²) in [5, 5.41) is 2.72. The zero-order chi connectivity index (χ0) is 16.6. The van der Waals surface area contributed by atoms with Crippen molar-refractivity contribution in [1.82, 2.24) is 4.98 Å². The van der Waals surface area contributed by atoms with Gasteiger partial charge in [-0.1, -0.05) is 6.07 Å². The van der Waals surface area contributed by atoms with Gasteiger partial charge in [-0.25, -0.2) is 13.4 Å². The zero-order valence-electron chi connectivity index (χ0n) is 12.9. The number of carbonyl (C=O) groups is 1. The van der Waals surface area contributed by atoms with Gasteiger partial charge in [0.2, 0.25) is 10.0 Å². The predicted octanol–water partition coefficient (Wildman–Crippen LogP) is 2.04. The highest BCUT2D eigenvalue weighted by molar-refractivity contribution is 7.92. The van der Waals surface area contributed by atoms with Gasteiger partial charge in [0.25, 0.3) is 5.91 Å². The minimum atomic E-state index is -3.32. The lowest BCUT2D eigenvalue weighted by Crippen LogP contribution is -2.34. The van der Waals surface area contributed by atoms with Gasteiger partial charge in [-0.15, -0.1) is 0 Å². The molecule has 0 spiro atoms. The number of hydrogen-bond acceptors (Lipinski definition) is 4. The molecule has 6 nitrogen and oxygen atoms in total. The smallest absolute Gasteiger partial charge is 0.256 e. The molecular weight excluding hydrogens is 314 g/mol. The van der Waals surface area contributed by atoms with E-state index in [1.54, 1.807) is 42.6 Å². The van der Waals surface area contributed by atoms with Crippen molar-refractivity contribution >= 4 is 27.4 Å². The van der Waals surface area contributed by atoms with E-state index in [-0.39, 0.29) is 11.9 Å². The second-order valence-corrected chi connectivity index (χ2v) is 7.48. The van der Waals surface area contributed by atoms with Crippen LogP contribution in [0, 0.1) is 0 Å². The highest BCUT2D eigenvalue weighted by atomic mass is 32.2. The second-order valence-electron chi connectivity index (χ2n) is 5.62. The van der Waals surface area contributed by atoms with Crippen molar-refractivity contribution in [3.05, 3.63) is 53.7 Å². The summed E-state index contributed by atoms with van der Waals surface area (Å²) in [6.45, 7) is 1.86. The van der Waals surface area contributed by atoms with Gasteiger partial charge in [0.15, 0.2) is 0 Å². The van der Waals surface area contributed by atoms with Gasteiger partial charge in [0.05, 0.1) is 11.9 Å². The molecule has 0 fully saturated rings.